The molecule has 0 radical (unpaired) electrons. The van der Waals surface area contributed by atoms with E-state index in [1.54, 1.807) is 6.08 Å². The lowest BCUT2D eigenvalue weighted by molar-refractivity contribution is -0.145. The van der Waals surface area contributed by atoms with Gasteiger partial charge in [0.15, 0.2) is 12.0 Å². The molecule has 0 aromatic heterocycles. The van der Waals surface area contributed by atoms with Crippen molar-refractivity contribution in [2.45, 2.75) is 63.6 Å². The highest BCUT2D eigenvalue weighted by Gasteiger charge is 2.50. The number of ether oxygens (including phenoxy) is 1. The highest BCUT2D eigenvalue weighted by Crippen LogP contribution is 2.46. The van der Waals surface area contributed by atoms with Crippen LogP contribution < -0.4 is 0 Å². The number of rotatable bonds is 6. The van der Waals surface area contributed by atoms with Crippen LogP contribution in [0.25, 0.3) is 0 Å². The number of carbonyl (C=O) groups excluding carboxylic acids is 2. The smallest absolute Gasteiger partial charge is 0.307 e. The first-order valence-corrected chi connectivity index (χ1v) is 7.16. The van der Waals surface area contributed by atoms with Crippen LogP contribution >= 0.6 is 0 Å². The van der Waals surface area contributed by atoms with Crippen molar-refractivity contribution in [3.8, 4) is 0 Å². The Morgan fingerprint density at radius 1 is 1.63 bits per heavy atom. The minimum Gasteiger partial charge on any atom is -0.454 e. The van der Waals surface area contributed by atoms with Crippen molar-refractivity contribution >= 4 is 11.8 Å². The van der Waals surface area contributed by atoms with Crippen LogP contribution in [0.4, 0.5) is 4.39 Å². The van der Waals surface area contributed by atoms with Crippen LogP contribution in [0, 0.1) is 5.92 Å². The summed E-state index contributed by atoms with van der Waals surface area (Å²) in [5, 5.41) is 0. The number of hydrogen-bond acceptors (Lipinski definition) is 3. The predicted molar refractivity (Wildman–Crippen MR) is 69.3 cm³/mol. The number of allylic oxidation sites excluding steroid dienone is 1. The van der Waals surface area contributed by atoms with Gasteiger partial charge in [-0.05, 0) is 37.8 Å². The highest BCUT2D eigenvalue weighted by molar-refractivity contribution is 5.93. The number of fused-ring (bicyclic) bond motifs is 1. The van der Waals surface area contributed by atoms with Gasteiger partial charge in [0.25, 0.3) is 0 Å². The fourth-order valence-electron chi connectivity index (χ4n) is 3.04. The number of esters is 1. The molecule has 1 aliphatic carbocycles. The van der Waals surface area contributed by atoms with Gasteiger partial charge in [-0.25, -0.2) is 4.39 Å². The van der Waals surface area contributed by atoms with E-state index in [0.29, 0.717) is 12.8 Å². The first-order valence-electron chi connectivity index (χ1n) is 7.16. The molecule has 19 heavy (non-hydrogen) atoms. The number of hydrogen-bond donors (Lipinski definition) is 0. The number of halogens is 1. The molecule has 0 spiro atoms. The molecule has 2 rings (SSSR count). The summed E-state index contributed by atoms with van der Waals surface area (Å²) in [6, 6.07) is 0. The second-order valence-electron chi connectivity index (χ2n) is 5.57. The molecule has 0 unspecified atom stereocenters. The molecular weight excluding hydrogens is 247 g/mol. The van der Waals surface area contributed by atoms with Crippen LogP contribution in [0.2, 0.25) is 0 Å². The zero-order valence-corrected chi connectivity index (χ0v) is 11.4. The van der Waals surface area contributed by atoms with Crippen molar-refractivity contribution in [3.05, 3.63) is 12.2 Å². The van der Waals surface area contributed by atoms with Gasteiger partial charge in [0, 0.05) is 5.92 Å². The van der Waals surface area contributed by atoms with Gasteiger partial charge in [-0.15, -0.1) is 0 Å². The number of carbonyl (C=O) groups is 2. The molecule has 0 bridgehead atoms. The Morgan fingerprint density at radius 2 is 2.42 bits per heavy atom. The Bertz CT molecular complexity index is 391. The van der Waals surface area contributed by atoms with E-state index >= 15 is 0 Å². The average Bonchev–Trinajstić information content (AvgIpc) is 2.88. The van der Waals surface area contributed by atoms with Crippen molar-refractivity contribution in [2.24, 2.45) is 5.92 Å². The van der Waals surface area contributed by atoms with Gasteiger partial charge >= 0.3 is 5.97 Å². The summed E-state index contributed by atoms with van der Waals surface area (Å²) in [7, 11) is 0. The molecule has 1 heterocycles. The van der Waals surface area contributed by atoms with E-state index in [4.69, 9.17) is 4.74 Å². The maximum Gasteiger partial charge on any atom is 0.307 e. The summed E-state index contributed by atoms with van der Waals surface area (Å²) in [4.78, 5) is 23.0. The Kier molecular flexibility index (Phi) is 4.38. The molecule has 0 aromatic carbocycles. The van der Waals surface area contributed by atoms with E-state index in [-0.39, 0.29) is 18.3 Å². The summed E-state index contributed by atoms with van der Waals surface area (Å²) in [5.41, 5.74) is -0.628. The molecule has 2 fully saturated rings. The van der Waals surface area contributed by atoms with E-state index in [0.717, 1.165) is 25.7 Å². The molecule has 3 nitrogen and oxygen atoms in total. The Hall–Kier alpha value is -1.19. The van der Waals surface area contributed by atoms with E-state index in [1.165, 1.54) is 6.08 Å². The van der Waals surface area contributed by atoms with Gasteiger partial charge in [-0.2, -0.15) is 0 Å². The topological polar surface area (TPSA) is 43.4 Å². The lowest BCUT2D eigenvalue weighted by atomic mass is 9.90. The second-order valence-corrected chi connectivity index (χ2v) is 5.57. The fraction of sp³-hybridized carbons (Fsp3) is 0.733. The van der Waals surface area contributed by atoms with Crippen molar-refractivity contribution in [3.63, 3.8) is 0 Å². The van der Waals surface area contributed by atoms with Gasteiger partial charge in [0.1, 0.15) is 5.60 Å². The maximum atomic E-state index is 13.6. The van der Waals surface area contributed by atoms with E-state index < -0.39 is 17.6 Å². The monoisotopic (exact) mass is 268 g/mol. The third kappa shape index (κ3) is 3.04. The van der Waals surface area contributed by atoms with Gasteiger partial charge in [0.05, 0.1) is 6.42 Å². The minimum absolute atomic E-state index is 0.165. The van der Waals surface area contributed by atoms with Crippen LogP contribution in [0.1, 0.15) is 51.9 Å². The van der Waals surface area contributed by atoms with Crippen LogP contribution in [-0.2, 0) is 14.3 Å². The summed E-state index contributed by atoms with van der Waals surface area (Å²) >= 11 is 0. The van der Waals surface area contributed by atoms with Crippen molar-refractivity contribution < 1.29 is 18.7 Å². The lowest BCUT2D eigenvalue weighted by Gasteiger charge is -2.23. The third-order valence-electron chi connectivity index (χ3n) is 4.18. The minimum atomic E-state index is -1.43. The molecule has 1 saturated carbocycles. The second kappa shape index (κ2) is 5.85. The zero-order chi connectivity index (χ0) is 13.9. The van der Waals surface area contributed by atoms with E-state index in [1.807, 2.05) is 6.92 Å². The lowest BCUT2D eigenvalue weighted by Crippen LogP contribution is -2.28. The quantitative estimate of drug-likeness (QED) is 0.549. The molecule has 0 aromatic rings. The molecule has 3 atom stereocenters. The molecule has 106 valence electrons. The fourth-order valence-corrected chi connectivity index (χ4v) is 3.04. The Morgan fingerprint density at radius 3 is 3.16 bits per heavy atom. The summed E-state index contributed by atoms with van der Waals surface area (Å²) < 4.78 is 19.0. The summed E-state index contributed by atoms with van der Waals surface area (Å²) in [6.45, 7) is 1.97. The Labute approximate surface area is 113 Å². The third-order valence-corrected chi connectivity index (χ3v) is 4.18. The van der Waals surface area contributed by atoms with Crippen molar-refractivity contribution in [1.29, 1.82) is 0 Å². The highest BCUT2D eigenvalue weighted by atomic mass is 19.1. The van der Waals surface area contributed by atoms with Crippen molar-refractivity contribution in [1.82, 2.24) is 0 Å². The summed E-state index contributed by atoms with van der Waals surface area (Å²) in [5.74, 6) is -0.543. The number of alkyl halides is 1. The van der Waals surface area contributed by atoms with E-state index in [2.05, 4.69) is 0 Å². The zero-order valence-electron chi connectivity index (χ0n) is 11.4. The van der Waals surface area contributed by atoms with Gasteiger partial charge < -0.3 is 4.74 Å². The first kappa shape index (κ1) is 14.2. The molecule has 1 saturated heterocycles. The molecule has 0 amide bonds. The normalized spacial score (nSPS) is 31.5. The first-order chi connectivity index (χ1) is 9.07. The largest absolute Gasteiger partial charge is 0.454 e. The summed E-state index contributed by atoms with van der Waals surface area (Å²) in [6.07, 6.45) is 6.47. The van der Waals surface area contributed by atoms with Gasteiger partial charge in [0.2, 0.25) is 0 Å². The standard InChI is InChI=1S/C15H21FO3/c1-2-3-6-12(16)13(17)7-9-15-8-4-5-11(15)10-14(18)19-15/h7,9,11-12H,2-6,8,10H2,1H3/t11-,12+,15-/m0/s1. The van der Waals surface area contributed by atoms with Gasteiger partial charge in [-0.3, -0.25) is 9.59 Å². The van der Waals surface area contributed by atoms with Gasteiger partial charge in [-0.1, -0.05) is 19.8 Å². The van der Waals surface area contributed by atoms with Crippen molar-refractivity contribution in [2.75, 3.05) is 0 Å². The van der Waals surface area contributed by atoms with Crippen LogP contribution in [0.5, 0.6) is 0 Å². The number of ketones is 1. The SMILES string of the molecule is CCCC[C@@H](F)C(=O)C=C[C@@]12CCC[C@H]1CC(=O)O2. The molecule has 1 aliphatic heterocycles. The van der Waals surface area contributed by atoms with Crippen LogP contribution in [-0.4, -0.2) is 23.5 Å². The maximum absolute atomic E-state index is 13.6. The Balaban J connectivity index is 1.97. The van der Waals surface area contributed by atoms with E-state index in [9.17, 15) is 14.0 Å². The molecule has 2 aliphatic rings. The average molecular weight is 268 g/mol. The molecular formula is C15H21FO3. The predicted octanol–water partition coefficient (Wildman–Crippen LogP) is 3.13. The molecule has 0 N–H and O–H groups in total. The van der Waals surface area contributed by atoms with Crippen LogP contribution in [0.15, 0.2) is 12.2 Å². The van der Waals surface area contributed by atoms with Crippen LogP contribution in [0.3, 0.4) is 0 Å². The number of unbranched alkanes of at least 4 members (excludes halogenated alkanes) is 1. The molecule has 4 heteroatoms.